The molecular formula is C10H9NO3S. The minimum absolute atomic E-state index is 0.708. The minimum Gasteiger partial charge on any atom is -0.398 e. The van der Waals surface area contributed by atoms with Crippen LogP contribution in [0.4, 0.5) is 5.69 Å². The summed E-state index contributed by atoms with van der Waals surface area (Å²) >= 11 is 0.931. The van der Waals surface area contributed by atoms with Gasteiger partial charge < -0.3 is 5.73 Å². The summed E-state index contributed by atoms with van der Waals surface area (Å²) in [5, 5.41) is 13.5. The highest BCUT2D eigenvalue weighted by atomic mass is 32.2. The maximum atomic E-state index is 8.09. The number of anilines is 1. The molecule has 0 spiro atoms. The molecule has 0 atom stereocenters. The Labute approximate surface area is 90.7 Å². The normalized spacial score (nSPS) is 10.7. The Kier molecular flexibility index (Phi) is 3.08. The molecule has 0 aromatic heterocycles. The van der Waals surface area contributed by atoms with Crippen molar-refractivity contribution < 1.29 is 14.6 Å². The molecule has 3 N–H and O–H groups in total. The van der Waals surface area contributed by atoms with E-state index in [-0.39, 0.29) is 0 Å². The third-order valence-corrected chi connectivity index (χ3v) is 2.74. The summed E-state index contributed by atoms with van der Waals surface area (Å²) in [4.78, 5) is 0.828. The van der Waals surface area contributed by atoms with Gasteiger partial charge in [0, 0.05) is 16.0 Å². The molecule has 0 bridgehead atoms. The Hall–Kier alpha value is -1.27. The number of rotatable bonds is 3. The minimum atomic E-state index is 0.708. The molecule has 2 aromatic carbocycles. The molecule has 0 aliphatic carbocycles. The lowest BCUT2D eigenvalue weighted by atomic mass is 10.1. The van der Waals surface area contributed by atoms with Crippen molar-refractivity contribution in [3.8, 4) is 0 Å². The highest BCUT2D eigenvalue weighted by molar-refractivity contribution is 7.94. The van der Waals surface area contributed by atoms with E-state index < -0.39 is 0 Å². The van der Waals surface area contributed by atoms with Crippen molar-refractivity contribution in [3.05, 3.63) is 36.4 Å². The summed E-state index contributed by atoms with van der Waals surface area (Å²) in [5.41, 5.74) is 6.53. The Bertz CT molecular complexity index is 475. The first kappa shape index (κ1) is 10.3. The third kappa shape index (κ3) is 2.05. The van der Waals surface area contributed by atoms with E-state index in [0.717, 1.165) is 27.7 Å². The van der Waals surface area contributed by atoms with E-state index in [2.05, 4.69) is 9.37 Å². The van der Waals surface area contributed by atoms with E-state index in [4.69, 9.17) is 11.0 Å². The van der Waals surface area contributed by atoms with Gasteiger partial charge in [-0.25, -0.2) is 5.26 Å². The van der Waals surface area contributed by atoms with Crippen LogP contribution in [0.2, 0.25) is 0 Å². The average Bonchev–Trinajstić information content (AvgIpc) is 2.29. The van der Waals surface area contributed by atoms with Crippen molar-refractivity contribution in [3.63, 3.8) is 0 Å². The van der Waals surface area contributed by atoms with E-state index >= 15 is 0 Å². The van der Waals surface area contributed by atoms with Crippen LogP contribution in [0.1, 0.15) is 0 Å². The maximum absolute atomic E-state index is 8.09. The molecule has 0 aliphatic heterocycles. The highest BCUT2D eigenvalue weighted by Gasteiger charge is 2.04. The van der Waals surface area contributed by atoms with Gasteiger partial charge in [0.1, 0.15) is 0 Å². The maximum Gasteiger partial charge on any atom is 0.0721 e. The predicted octanol–water partition coefficient (Wildman–Crippen LogP) is 2.85. The Morgan fingerprint density at radius 1 is 1.07 bits per heavy atom. The van der Waals surface area contributed by atoms with Crippen LogP contribution in [0.15, 0.2) is 41.3 Å². The zero-order valence-corrected chi connectivity index (χ0v) is 8.53. The van der Waals surface area contributed by atoms with E-state index in [1.807, 2.05) is 24.3 Å². The molecule has 0 saturated heterocycles. The summed E-state index contributed by atoms with van der Waals surface area (Å²) in [6.45, 7) is 0. The molecule has 0 unspecified atom stereocenters. The monoisotopic (exact) mass is 223 g/mol. The van der Waals surface area contributed by atoms with Crippen LogP contribution in [0.25, 0.3) is 10.8 Å². The first-order valence-electron chi connectivity index (χ1n) is 4.25. The van der Waals surface area contributed by atoms with Gasteiger partial charge in [0.05, 0.1) is 12.0 Å². The second kappa shape index (κ2) is 4.50. The molecule has 0 fully saturated rings. The van der Waals surface area contributed by atoms with Gasteiger partial charge in [0.25, 0.3) is 0 Å². The average molecular weight is 223 g/mol. The number of benzene rings is 2. The lowest BCUT2D eigenvalue weighted by Gasteiger charge is -2.05. The second-order valence-electron chi connectivity index (χ2n) is 2.92. The summed E-state index contributed by atoms with van der Waals surface area (Å²) in [7, 11) is 0. The van der Waals surface area contributed by atoms with E-state index in [1.54, 1.807) is 12.1 Å². The zero-order valence-electron chi connectivity index (χ0n) is 7.71. The van der Waals surface area contributed by atoms with E-state index in [1.165, 1.54) is 0 Å². The number of nitrogens with two attached hydrogens (primary N) is 1. The van der Waals surface area contributed by atoms with Gasteiger partial charge in [-0.1, -0.05) is 29.3 Å². The van der Waals surface area contributed by atoms with Crippen LogP contribution in [-0.2, 0) is 9.37 Å². The SMILES string of the molecule is Nc1ccc(SOOO)c2ccccc12. The van der Waals surface area contributed by atoms with Gasteiger partial charge in [-0.2, -0.15) is 0 Å². The molecule has 15 heavy (non-hydrogen) atoms. The fourth-order valence-corrected chi connectivity index (χ4v) is 1.91. The van der Waals surface area contributed by atoms with Crippen LogP contribution in [0.3, 0.4) is 0 Å². The summed E-state index contributed by atoms with van der Waals surface area (Å²) < 4.78 is 4.40. The fourth-order valence-electron chi connectivity index (χ4n) is 1.42. The molecule has 0 radical (unpaired) electrons. The van der Waals surface area contributed by atoms with E-state index in [9.17, 15) is 0 Å². The van der Waals surface area contributed by atoms with Crippen molar-refractivity contribution in [2.75, 3.05) is 5.73 Å². The molecular weight excluding hydrogens is 214 g/mol. The molecule has 5 heteroatoms. The molecule has 2 aromatic rings. The van der Waals surface area contributed by atoms with Crippen LogP contribution in [0.5, 0.6) is 0 Å². The number of nitrogen functional groups attached to an aromatic ring is 1. The van der Waals surface area contributed by atoms with Crippen LogP contribution < -0.4 is 5.73 Å². The van der Waals surface area contributed by atoms with Gasteiger partial charge in [0.2, 0.25) is 0 Å². The number of hydrogen-bond donors (Lipinski definition) is 2. The molecule has 78 valence electrons. The van der Waals surface area contributed by atoms with Crippen LogP contribution >= 0.6 is 12.0 Å². The van der Waals surface area contributed by atoms with Crippen molar-refractivity contribution in [1.29, 1.82) is 0 Å². The fraction of sp³-hybridized carbons (Fsp3) is 0. The summed E-state index contributed by atoms with van der Waals surface area (Å²) in [5.74, 6) is 0. The quantitative estimate of drug-likeness (QED) is 0.362. The van der Waals surface area contributed by atoms with E-state index in [0.29, 0.717) is 5.69 Å². The molecule has 0 saturated carbocycles. The number of hydrogen-bond acceptors (Lipinski definition) is 5. The van der Waals surface area contributed by atoms with Crippen LogP contribution in [-0.4, -0.2) is 5.26 Å². The standard InChI is InChI=1S/C10H9NO3S/c11-9-5-6-10(15-14-13-12)8-4-2-1-3-7(8)9/h1-6,12H,11H2. The lowest BCUT2D eigenvalue weighted by Crippen LogP contribution is -1.88. The van der Waals surface area contributed by atoms with Crippen molar-refractivity contribution >= 4 is 28.5 Å². The van der Waals surface area contributed by atoms with Gasteiger partial charge in [-0.3, -0.25) is 0 Å². The van der Waals surface area contributed by atoms with Crippen molar-refractivity contribution in [2.45, 2.75) is 4.90 Å². The molecule has 0 aliphatic rings. The van der Waals surface area contributed by atoms with Gasteiger partial charge in [-0.15, -0.1) is 4.33 Å². The smallest absolute Gasteiger partial charge is 0.0721 e. The van der Waals surface area contributed by atoms with Crippen molar-refractivity contribution in [2.24, 2.45) is 0 Å². The molecule has 2 rings (SSSR count). The van der Waals surface area contributed by atoms with Crippen molar-refractivity contribution in [1.82, 2.24) is 0 Å². The first-order chi connectivity index (χ1) is 7.33. The lowest BCUT2D eigenvalue weighted by molar-refractivity contribution is -0.432. The second-order valence-corrected chi connectivity index (χ2v) is 3.67. The molecule has 0 amide bonds. The molecule has 4 nitrogen and oxygen atoms in total. The van der Waals surface area contributed by atoms with Crippen LogP contribution in [0, 0.1) is 0 Å². The largest absolute Gasteiger partial charge is 0.398 e. The predicted molar refractivity (Wildman–Crippen MR) is 59.0 cm³/mol. The van der Waals surface area contributed by atoms with Gasteiger partial charge in [0.15, 0.2) is 0 Å². The summed E-state index contributed by atoms with van der Waals surface area (Å²) in [6, 6.07) is 11.3. The van der Waals surface area contributed by atoms with Gasteiger partial charge >= 0.3 is 0 Å². The topological polar surface area (TPSA) is 64.7 Å². The number of fused-ring (bicyclic) bond motifs is 1. The first-order valence-corrected chi connectivity index (χ1v) is 4.99. The Morgan fingerprint density at radius 2 is 1.80 bits per heavy atom. The summed E-state index contributed by atoms with van der Waals surface area (Å²) in [6.07, 6.45) is 0. The zero-order chi connectivity index (χ0) is 10.7. The Balaban J connectivity index is 2.51. The Morgan fingerprint density at radius 3 is 2.53 bits per heavy atom. The highest BCUT2D eigenvalue weighted by Crippen LogP contribution is 2.31. The molecule has 0 heterocycles. The van der Waals surface area contributed by atoms with Gasteiger partial charge in [-0.05, 0) is 17.5 Å². The third-order valence-electron chi connectivity index (χ3n) is 2.07.